The number of rotatable bonds is 28. The molecule has 0 bridgehead atoms. The molecule has 1 saturated heterocycles. The number of nitrogens with one attached hydrogen (secondary N) is 5. The van der Waals surface area contributed by atoms with Gasteiger partial charge in [0.2, 0.25) is 23.6 Å². The second kappa shape index (κ2) is 24.4. The molecule has 1 heterocycles. The van der Waals surface area contributed by atoms with E-state index in [2.05, 4.69) is 38.6 Å². The van der Waals surface area contributed by atoms with Crippen LogP contribution in [0.15, 0.2) is 0 Å². The van der Waals surface area contributed by atoms with Gasteiger partial charge in [-0.15, -0.1) is 11.8 Å². The molecule has 1 fully saturated rings. The maximum absolute atomic E-state index is 12.9. The van der Waals surface area contributed by atoms with E-state index < -0.39 is 102 Å². The van der Waals surface area contributed by atoms with Crippen LogP contribution in [0.2, 0.25) is 0 Å². The van der Waals surface area contributed by atoms with Crippen LogP contribution in [0.1, 0.15) is 64.2 Å². The summed E-state index contributed by atoms with van der Waals surface area (Å²) in [5.41, 5.74) is 6.12. The molecule has 0 spiro atoms. The second-order valence-corrected chi connectivity index (χ2v) is 13.5. The van der Waals surface area contributed by atoms with Crippen molar-refractivity contribution in [2.75, 3.05) is 18.1 Å². The summed E-state index contributed by atoms with van der Waals surface area (Å²) in [6.07, 6.45) is -1.29. The first-order valence-electron chi connectivity index (χ1n) is 16.4. The van der Waals surface area contributed by atoms with E-state index in [0.29, 0.717) is 25.7 Å². The fourth-order valence-electron chi connectivity index (χ4n) is 4.74. The van der Waals surface area contributed by atoms with Crippen LogP contribution in [0.4, 0.5) is 4.79 Å². The molecule has 6 amide bonds. The van der Waals surface area contributed by atoms with Crippen molar-refractivity contribution in [3.63, 3.8) is 0 Å². The third-order valence-corrected chi connectivity index (χ3v) is 9.33. The van der Waals surface area contributed by atoms with Crippen LogP contribution in [-0.2, 0) is 47.9 Å². The SMILES string of the molecule is N=C(CCCCCN1C(=O)CC(SC[C@H](NC(=O)N[C@@H](CCC(=O)O)OC=O)C(=O)O)C1=O)CC[C@H](N)C(=O)NC(CC(=O)O)C(=O)N[C@@H](CS)C(=O)O. The van der Waals surface area contributed by atoms with Crippen molar-refractivity contribution >= 4 is 90.1 Å². The number of nitrogens with two attached hydrogens (primary N) is 1. The van der Waals surface area contributed by atoms with Gasteiger partial charge in [0.15, 0.2) is 6.23 Å². The Labute approximate surface area is 317 Å². The van der Waals surface area contributed by atoms with E-state index >= 15 is 0 Å². The third-order valence-electron chi connectivity index (χ3n) is 7.67. The summed E-state index contributed by atoms with van der Waals surface area (Å²) in [6.45, 7) is 0.0713. The van der Waals surface area contributed by atoms with Gasteiger partial charge < -0.3 is 57.6 Å². The molecule has 1 aliphatic heterocycles. The highest BCUT2D eigenvalue weighted by atomic mass is 32.2. The zero-order valence-corrected chi connectivity index (χ0v) is 30.6. The minimum absolute atomic E-state index is 0.00889. The zero-order chi connectivity index (χ0) is 41.0. The summed E-state index contributed by atoms with van der Waals surface area (Å²) < 4.78 is 4.59. The largest absolute Gasteiger partial charge is 0.481 e. The summed E-state index contributed by atoms with van der Waals surface area (Å²) in [5, 5.41) is 52.3. The quantitative estimate of drug-likeness (QED) is 0.0103. The van der Waals surface area contributed by atoms with Gasteiger partial charge in [-0.25, -0.2) is 14.4 Å². The van der Waals surface area contributed by atoms with E-state index in [9.17, 15) is 53.1 Å². The molecule has 1 aliphatic rings. The molecule has 302 valence electrons. The molecule has 0 aromatic rings. The lowest BCUT2D eigenvalue weighted by Crippen LogP contribution is -2.55. The van der Waals surface area contributed by atoms with Gasteiger partial charge in [-0.3, -0.25) is 38.5 Å². The molecule has 0 aliphatic carbocycles. The monoisotopic (exact) mass is 807 g/mol. The van der Waals surface area contributed by atoms with Crippen molar-refractivity contribution in [1.82, 2.24) is 26.2 Å². The van der Waals surface area contributed by atoms with Gasteiger partial charge in [-0.1, -0.05) is 6.42 Å². The first-order chi connectivity index (χ1) is 25.4. The number of hydrogen-bond acceptors (Lipinski definition) is 15. The first kappa shape index (κ1) is 47.1. The van der Waals surface area contributed by atoms with Gasteiger partial charge in [-0.05, 0) is 32.1 Å². The summed E-state index contributed by atoms with van der Waals surface area (Å²) in [4.78, 5) is 119. The minimum Gasteiger partial charge on any atom is -0.481 e. The van der Waals surface area contributed by atoms with Gasteiger partial charge >= 0.3 is 29.9 Å². The lowest BCUT2D eigenvalue weighted by molar-refractivity contribution is -0.143. The predicted molar refractivity (Wildman–Crippen MR) is 189 cm³/mol. The van der Waals surface area contributed by atoms with E-state index in [4.69, 9.17) is 26.5 Å². The smallest absolute Gasteiger partial charge is 0.327 e. The number of unbranched alkanes of at least 4 members (excludes halogenated alkanes) is 2. The molecule has 2 unspecified atom stereocenters. The number of urea groups is 1. The lowest BCUT2D eigenvalue weighted by Gasteiger charge is -2.21. The number of nitrogens with zero attached hydrogens (tertiary/aromatic N) is 1. The number of thiol groups is 1. The number of carbonyl (C=O) groups is 10. The van der Waals surface area contributed by atoms with Crippen molar-refractivity contribution in [3.8, 4) is 0 Å². The zero-order valence-electron chi connectivity index (χ0n) is 28.9. The number of thioether (sulfide) groups is 1. The van der Waals surface area contributed by atoms with Crippen LogP contribution < -0.4 is 27.0 Å². The van der Waals surface area contributed by atoms with Crippen LogP contribution in [-0.4, -0.2) is 145 Å². The fourth-order valence-corrected chi connectivity index (χ4v) is 6.17. The molecular weight excluding hydrogens is 762 g/mol. The van der Waals surface area contributed by atoms with Crippen molar-refractivity contribution in [2.45, 2.75) is 99.9 Å². The highest BCUT2D eigenvalue weighted by Gasteiger charge is 2.39. The average molecular weight is 808 g/mol. The van der Waals surface area contributed by atoms with E-state index in [1.54, 1.807) is 0 Å². The van der Waals surface area contributed by atoms with Crippen LogP contribution in [0, 0.1) is 5.41 Å². The molecule has 22 nitrogen and oxygen atoms in total. The number of carboxylic acids is 4. The average Bonchev–Trinajstić information content (AvgIpc) is 3.36. The van der Waals surface area contributed by atoms with Crippen LogP contribution in [0.25, 0.3) is 0 Å². The number of carbonyl (C=O) groups excluding carboxylic acids is 6. The second-order valence-electron chi connectivity index (χ2n) is 11.9. The number of carboxylic acid groups (broad SMARTS) is 4. The summed E-state index contributed by atoms with van der Waals surface area (Å²) in [5.74, 6) is -9.00. The van der Waals surface area contributed by atoms with Crippen molar-refractivity contribution in [2.24, 2.45) is 5.73 Å². The van der Waals surface area contributed by atoms with E-state index in [-0.39, 0.29) is 55.9 Å². The normalized spacial score (nSPS) is 16.6. The molecule has 0 aromatic heterocycles. The molecule has 0 saturated carbocycles. The number of aliphatic carboxylic acids is 4. The van der Waals surface area contributed by atoms with E-state index in [1.165, 1.54) is 0 Å². The standard InChI is InChI=1S/C30H45N7O15S2/c31-15(5-6-16(32)25(44)33-17(10-24(42)43)26(45)34-18(12-53)28(47)48)4-2-1-3-9-37-22(39)11-20(27(37)46)54-13-19(29(49)50)35-30(51)36-21(52-14-38)7-8-23(40)41/h14,16-21,31,53H,1-13,32H2,(H,33,44)(H,34,45)(H,40,41)(H,42,43)(H,47,48)(H,49,50)(H2,35,36,51)/t16-,17?,18-,19-,20?,21+/m0/s1. The Morgan fingerprint density at radius 1 is 0.870 bits per heavy atom. The maximum Gasteiger partial charge on any atom is 0.327 e. The Morgan fingerprint density at radius 2 is 1.52 bits per heavy atom. The molecule has 1 rings (SSSR count). The number of ether oxygens (including phenoxy) is 1. The summed E-state index contributed by atoms with van der Waals surface area (Å²) in [7, 11) is 0. The molecule has 0 radical (unpaired) electrons. The van der Waals surface area contributed by atoms with Crippen LogP contribution in [0.3, 0.4) is 0 Å². The Balaban J connectivity index is 2.49. The lowest BCUT2D eigenvalue weighted by atomic mass is 10.0. The number of hydrogen-bond donors (Lipinski definition) is 11. The van der Waals surface area contributed by atoms with Gasteiger partial charge in [0.25, 0.3) is 6.47 Å². The molecule has 54 heavy (non-hydrogen) atoms. The van der Waals surface area contributed by atoms with Crippen molar-refractivity contribution in [3.05, 3.63) is 0 Å². The van der Waals surface area contributed by atoms with Crippen LogP contribution >= 0.6 is 24.4 Å². The highest BCUT2D eigenvalue weighted by Crippen LogP contribution is 2.26. The van der Waals surface area contributed by atoms with Crippen LogP contribution in [0.5, 0.6) is 0 Å². The topological polar surface area (TPSA) is 362 Å². The molecule has 11 N–H and O–H groups in total. The number of imide groups is 1. The predicted octanol–water partition coefficient (Wildman–Crippen LogP) is -1.89. The molecule has 6 atom stereocenters. The molecular formula is C30H45N7O15S2. The van der Waals surface area contributed by atoms with Crippen molar-refractivity contribution < 1.29 is 73.1 Å². The summed E-state index contributed by atoms with van der Waals surface area (Å²) >= 11 is 4.67. The Kier molecular flexibility index (Phi) is 21.2. The van der Waals surface area contributed by atoms with E-state index in [1.807, 2.05) is 0 Å². The van der Waals surface area contributed by atoms with Gasteiger partial charge in [-0.2, -0.15) is 12.6 Å². The van der Waals surface area contributed by atoms with Gasteiger partial charge in [0, 0.05) is 36.6 Å². The highest BCUT2D eigenvalue weighted by molar-refractivity contribution is 8.00. The molecule has 24 heteroatoms. The molecule has 0 aromatic carbocycles. The third kappa shape index (κ3) is 17.7. The van der Waals surface area contributed by atoms with E-state index in [0.717, 1.165) is 16.7 Å². The first-order valence-corrected chi connectivity index (χ1v) is 18.1. The Hall–Kier alpha value is -4.97. The minimum atomic E-state index is -1.61. The number of amides is 6. The Bertz CT molecular complexity index is 1420. The van der Waals surface area contributed by atoms with Gasteiger partial charge in [0.05, 0.1) is 24.1 Å². The van der Waals surface area contributed by atoms with Crippen molar-refractivity contribution in [1.29, 1.82) is 5.41 Å². The fraction of sp³-hybridized carbons (Fsp3) is 0.633. The maximum atomic E-state index is 12.9. The Morgan fingerprint density at radius 3 is 2.09 bits per heavy atom. The summed E-state index contributed by atoms with van der Waals surface area (Å²) in [6, 6.07) is -6.81. The van der Waals surface area contributed by atoms with Gasteiger partial charge in [0.1, 0.15) is 18.1 Å². The number of likely N-dealkylation sites (tertiary alicyclic amines) is 1.